The second-order valence-corrected chi connectivity index (χ2v) is 11.4. The number of aromatic amines is 1. The quantitative estimate of drug-likeness (QED) is 0.337. The number of nitrogens with one attached hydrogen (secondary N) is 2. The van der Waals surface area contributed by atoms with Gasteiger partial charge in [0.2, 0.25) is 10.0 Å². The van der Waals surface area contributed by atoms with E-state index < -0.39 is 10.0 Å². The number of imidazole rings is 2. The summed E-state index contributed by atoms with van der Waals surface area (Å²) in [5.74, 6) is 1.39. The number of thiazole rings is 1. The smallest absolute Gasteiger partial charge is 0.243 e. The van der Waals surface area contributed by atoms with Crippen molar-refractivity contribution < 1.29 is 13.2 Å². The number of H-pyrrole nitrogens is 1. The SMILES string of the molecule is COCCn1c(-c2cnc(-c3ccc4scnc4c3)[nH]2)nc2cc(S(=O)(=O)N3CCNCC3)ccc21. The Morgan fingerprint density at radius 3 is 2.78 bits per heavy atom. The molecule has 2 aromatic carbocycles. The van der Waals surface area contributed by atoms with E-state index in [1.807, 2.05) is 34.3 Å². The minimum Gasteiger partial charge on any atom is -0.383 e. The summed E-state index contributed by atoms with van der Waals surface area (Å²) in [6.45, 7) is 3.25. The first-order chi connectivity index (χ1) is 17.5. The van der Waals surface area contributed by atoms with Gasteiger partial charge in [0.25, 0.3) is 0 Å². The number of hydrogen-bond donors (Lipinski definition) is 2. The molecule has 3 aromatic heterocycles. The summed E-state index contributed by atoms with van der Waals surface area (Å²) in [7, 11) is -1.94. The second-order valence-electron chi connectivity index (χ2n) is 8.56. The summed E-state index contributed by atoms with van der Waals surface area (Å²) in [5.41, 5.74) is 5.88. The zero-order valence-electron chi connectivity index (χ0n) is 19.6. The molecule has 12 heteroatoms. The van der Waals surface area contributed by atoms with Crippen molar-refractivity contribution in [2.24, 2.45) is 0 Å². The van der Waals surface area contributed by atoms with E-state index in [9.17, 15) is 8.42 Å². The minimum atomic E-state index is -3.59. The van der Waals surface area contributed by atoms with Gasteiger partial charge >= 0.3 is 0 Å². The number of methoxy groups -OCH3 is 1. The van der Waals surface area contributed by atoms with Crippen LogP contribution >= 0.6 is 11.3 Å². The van der Waals surface area contributed by atoms with Crippen molar-refractivity contribution in [2.45, 2.75) is 11.4 Å². The molecule has 0 spiro atoms. The third-order valence-electron chi connectivity index (χ3n) is 6.37. The predicted molar refractivity (Wildman–Crippen MR) is 139 cm³/mol. The Kier molecular flexibility index (Phi) is 6.05. The van der Waals surface area contributed by atoms with Crippen molar-refractivity contribution >= 4 is 42.6 Å². The fourth-order valence-corrected chi connectivity index (χ4v) is 6.63. The van der Waals surface area contributed by atoms with Gasteiger partial charge in [-0.1, -0.05) is 0 Å². The van der Waals surface area contributed by atoms with Crippen LogP contribution in [0.5, 0.6) is 0 Å². The average molecular weight is 524 g/mol. The van der Waals surface area contributed by atoms with Crippen LogP contribution in [-0.4, -0.2) is 77.1 Å². The van der Waals surface area contributed by atoms with Crippen LogP contribution in [0.2, 0.25) is 0 Å². The highest BCUT2D eigenvalue weighted by atomic mass is 32.2. The van der Waals surface area contributed by atoms with Crippen molar-refractivity contribution in [3.63, 3.8) is 0 Å². The van der Waals surface area contributed by atoms with E-state index in [1.54, 1.807) is 36.8 Å². The summed E-state index contributed by atoms with van der Waals surface area (Å²) < 4.78 is 36.4. The fourth-order valence-electron chi connectivity index (χ4n) is 4.51. The van der Waals surface area contributed by atoms with Crippen molar-refractivity contribution in [1.82, 2.24) is 34.1 Å². The number of piperazine rings is 1. The third-order valence-corrected chi connectivity index (χ3v) is 9.08. The van der Waals surface area contributed by atoms with Crippen LogP contribution in [0.1, 0.15) is 0 Å². The summed E-state index contributed by atoms with van der Waals surface area (Å²) in [6, 6.07) is 11.2. The number of aromatic nitrogens is 5. The first-order valence-corrected chi connectivity index (χ1v) is 14.0. The monoisotopic (exact) mass is 523 g/mol. The molecule has 36 heavy (non-hydrogen) atoms. The first kappa shape index (κ1) is 23.3. The molecular weight excluding hydrogens is 498 g/mol. The fraction of sp³-hybridized carbons (Fsp3) is 0.292. The van der Waals surface area contributed by atoms with Gasteiger partial charge in [0.1, 0.15) is 11.5 Å². The Balaban J connectivity index is 1.40. The van der Waals surface area contributed by atoms with Gasteiger partial charge in [-0.2, -0.15) is 4.31 Å². The lowest BCUT2D eigenvalue weighted by Gasteiger charge is -2.26. The van der Waals surface area contributed by atoms with Crippen molar-refractivity contribution in [2.75, 3.05) is 39.9 Å². The number of benzene rings is 2. The number of sulfonamides is 1. The average Bonchev–Trinajstić information content (AvgIpc) is 3.65. The summed E-state index contributed by atoms with van der Waals surface area (Å²) in [4.78, 5) is 17.5. The maximum atomic E-state index is 13.2. The second kappa shape index (κ2) is 9.37. The van der Waals surface area contributed by atoms with Crippen LogP contribution in [-0.2, 0) is 21.3 Å². The Labute approximate surface area is 212 Å². The Morgan fingerprint density at radius 1 is 1.08 bits per heavy atom. The van der Waals surface area contributed by atoms with Crippen LogP contribution in [0.3, 0.4) is 0 Å². The molecule has 4 heterocycles. The molecule has 0 saturated carbocycles. The zero-order valence-corrected chi connectivity index (χ0v) is 21.3. The van der Waals surface area contributed by atoms with Gasteiger partial charge in [0.05, 0.1) is 44.5 Å². The van der Waals surface area contributed by atoms with Crippen LogP contribution in [0.15, 0.2) is 53.0 Å². The maximum Gasteiger partial charge on any atom is 0.243 e. The number of nitrogens with zero attached hydrogens (tertiary/aromatic N) is 5. The van der Waals surface area contributed by atoms with Crippen molar-refractivity contribution in [3.8, 4) is 22.9 Å². The third kappa shape index (κ3) is 4.10. The summed E-state index contributed by atoms with van der Waals surface area (Å²) in [6.07, 6.45) is 1.75. The Morgan fingerprint density at radius 2 is 1.94 bits per heavy atom. The van der Waals surface area contributed by atoms with E-state index in [0.717, 1.165) is 27.0 Å². The molecule has 0 radical (unpaired) electrons. The molecule has 2 N–H and O–H groups in total. The number of hydrogen-bond acceptors (Lipinski definition) is 8. The van der Waals surface area contributed by atoms with Gasteiger partial charge in [0, 0.05) is 45.4 Å². The largest absolute Gasteiger partial charge is 0.383 e. The highest BCUT2D eigenvalue weighted by Gasteiger charge is 2.27. The standard InChI is InChI=1S/C24H25N7O3S2/c1-34-11-10-31-21-4-3-17(36(32,33)30-8-6-25-7-9-30)13-18(21)29-24(31)20-14-26-23(28-20)16-2-5-22-19(12-16)27-15-35-22/h2-5,12-15,25H,6-11H2,1H3,(H,26,28). The molecule has 1 aliphatic heterocycles. The van der Waals surface area contributed by atoms with Gasteiger partial charge in [-0.3, -0.25) is 0 Å². The zero-order chi connectivity index (χ0) is 24.7. The summed E-state index contributed by atoms with van der Waals surface area (Å²) in [5, 5.41) is 3.19. The molecule has 5 aromatic rings. The first-order valence-electron chi connectivity index (χ1n) is 11.6. The normalized spacial score (nSPS) is 15.2. The molecule has 0 bridgehead atoms. The number of fused-ring (bicyclic) bond motifs is 2. The van der Waals surface area contributed by atoms with E-state index in [4.69, 9.17) is 9.72 Å². The minimum absolute atomic E-state index is 0.252. The van der Waals surface area contributed by atoms with Crippen LogP contribution in [0.25, 0.3) is 44.2 Å². The molecular formula is C24H25N7O3S2. The van der Waals surface area contributed by atoms with Gasteiger partial charge < -0.3 is 19.6 Å². The number of ether oxygens (including phenoxy) is 1. The predicted octanol–water partition coefficient (Wildman–Crippen LogP) is 2.94. The molecule has 10 nitrogen and oxygen atoms in total. The van der Waals surface area contributed by atoms with Gasteiger partial charge in [-0.15, -0.1) is 11.3 Å². The van der Waals surface area contributed by atoms with Gasteiger partial charge in [-0.05, 0) is 36.4 Å². The molecule has 0 unspecified atom stereocenters. The van der Waals surface area contributed by atoms with E-state index >= 15 is 0 Å². The van der Waals surface area contributed by atoms with E-state index in [1.165, 1.54) is 4.31 Å². The van der Waals surface area contributed by atoms with Crippen molar-refractivity contribution in [1.29, 1.82) is 0 Å². The van der Waals surface area contributed by atoms with Crippen LogP contribution < -0.4 is 5.32 Å². The maximum absolute atomic E-state index is 13.2. The molecule has 0 amide bonds. The lowest BCUT2D eigenvalue weighted by Crippen LogP contribution is -2.46. The Bertz CT molecular complexity index is 1650. The number of rotatable bonds is 7. The molecule has 186 valence electrons. The molecule has 6 rings (SSSR count). The summed E-state index contributed by atoms with van der Waals surface area (Å²) >= 11 is 1.60. The van der Waals surface area contributed by atoms with Gasteiger partial charge in [-0.25, -0.2) is 23.4 Å². The molecule has 0 atom stereocenters. The molecule has 1 aliphatic rings. The molecule has 1 saturated heterocycles. The lowest BCUT2D eigenvalue weighted by molar-refractivity contribution is 0.188. The lowest BCUT2D eigenvalue weighted by atomic mass is 10.2. The van der Waals surface area contributed by atoms with Crippen LogP contribution in [0.4, 0.5) is 0 Å². The highest BCUT2D eigenvalue weighted by molar-refractivity contribution is 7.89. The van der Waals surface area contributed by atoms with Crippen LogP contribution in [0, 0.1) is 0 Å². The van der Waals surface area contributed by atoms with Crippen molar-refractivity contribution in [3.05, 3.63) is 48.1 Å². The van der Waals surface area contributed by atoms with Gasteiger partial charge in [0.15, 0.2) is 5.82 Å². The van der Waals surface area contributed by atoms with E-state index in [2.05, 4.69) is 20.3 Å². The van der Waals surface area contributed by atoms with E-state index in [-0.39, 0.29) is 4.90 Å². The van der Waals surface area contributed by atoms with E-state index in [0.29, 0.717) is 56.5 Å². The highest BCUT2D eigenvalue weighted by Crippen LogP contribution is 2.30. The topological polar surface area (TPSA) is 118 Å². The molecule has 1 fully saturated rings. The molecule has 0 aliphatic carbocycles. The Hall–Kier alpha value is -3.16.